The molecular formula is C44H74O4. The number of carbonyl (C=O) groups excluding carboxylic acids is 2. The van der Waals surface area contributed by atoms with Crippen molar-refractivity contribution in [1.82, 2.24) is 0 Å². The van der Waals surface area contributed by atoms with Gasteiger partial charge in [-0.05, 0) is 76.3 Å². The van der Waals surface area contributed by atoms with Gasteiger partial charge in [0.1, 0.15) is 0 Å². The topological polar surface area (TPSA) is 52.6 Å². The fourth-order valence-electron chi connectivity index (χ4n) is 6.02. The lowest BCUT2D eigenvalue weighted by molar-refractivity contribution is 0.0450. The predicted octanol–water partition coefficient (Wildman–Crippen LogP) is 14.1. The SMILES string of the molecule is CCCCCCCC/C=C/CCCCCCCCOC(=O)c1ccccc1C(=O)OCCCCCCCC/C=C/CCCCCCCC. The van der Waals surface area contributed by atoms with E-state index in [1.54, 1.807) is 24.3 Å². The minimum Gasteiger partial charge on any atom is -0.462 e. The van der Waals surface area contributed by atoms with Gasteiger partial charge in [0.25, 0.3) is 0 Å². The van der Waals surface area contributed by atoms with E-state index in [9.17, 15) is 9.59 Å². The summed E-state index contributed by atoms with van der Waals surface area (Å²) >= 11 is 0. The molecule has 0 aromatic heterocycles. The number of hydrogen-bond acceptors (Lipinski definition) is 4. The molecule has 0 heterocycles. The van der Waals surface area contributed by atoms with Crippen LogP contribution < -0.4 is 0 Å². The molecule has 48 heavy (non-hydrogen) atoms. The van der Waals surface area contributed by atoms with E-state index in [0.29, 0.717) is 24.3 Å². The van der Waals surface area contributed by atoms with E-state index in [1.165, 1.54) is 154 Å². The van der Waals surface area contributed by atoms with E-state index in [4.69, 9.17) is 9.47 Å². The average Bonchev–Trinajstić information content (AvgIpc) is 3.10. The summed E-state index contributed by atoms with van der Waals surface area (Å²) in [7, 11) is 0. The smallest absolute Gasteiger partial charge is 0.339 e. The summed E-state index contributed by atoms with van der Waals surface area (Å²) in [5, 5.41) is 0. The van der Waals surface area contributed by atoms with E-state index in [-0.39, 0.29) is 0 Å². The molecule has 0 saturated heterocycles. The molecule has 0 aliphatic rings. The molecule has 0 radical (unpaired) electrons. The molecule has 0 aliphatic carbocycles. The van der Waals surface area contributed by atoms with Gasteiger partial charge >= 0.3 is 11.9 Å². The number of ether oxygens (including phenoxy) is 2. The van der Waals surface area contributed by atoms with Crippen LogP contribution in [0.25, 0.3) is 0 Å². The number of esters is 2. The van der Waals surface area contributed by atoms with E-state index in [2.05, 4.69) is 38.2 Å². The Balaban J connectivity index is 2.03. The maximum absolute atomic E-state index is 12.7. The number of rotatable bonds is 34. The molecule has 0 fully saturated rings. The first kappa shape index (κ1) is 43.7. The van der Waals surface area contributed by atoms with Crippen LogP contribution in [0.2, 0.25) is 0 Å². The summed E-state index contributed by atoms with van der Waals surface area (Å²) in [4.78, 5) is 25.4. The van der Waals surface area contributed by atoms with Gasteiger partial charge in [-0.15, -0.1) is 0 Å². The van der Waals surface area contributed by atoms with Crippen LogP contribution in [-0.2, 0) is 9.47 Å². The van der Waals surface area contributed by atoms with Gasteiger partial charge in [-0.3, -0.25) is 0 Å². The Bertz CT molecular complexity index is 859. The third kappa shape index (κ3) is 26.6. The van der Waals surface area contributed by atoms with E-state index in [1.807, 2.05) is 0 Å². The normalized spacial score (nSPS) is 11.5. The van der Waals surface area contributed by atoms with Crippen molar-refractivity contribution in [3.63, 3.8) is 0 Å². The molecule has 0 unspecified atom stereocenters. The number of carbonyl (C=O) groups is 2. The summed E-state index contributed by atoms with van der Waals surface area (Å²) < 4.78 is 11.0. The van der Waals surface area contributed by atoms with Crippen LogP contribution >= 0.6 is 0 Å². The van der Waals surface area contributed by atoms with Gasteiger partial charge in [0.05, 0.1) is 24.3 Å². The molecule has 4 heteroatoms. The zero-order valence-electron chi connectivity index (χ0n) is 31.5. The standard InChI is InChI=1S/C44H74O4/c1-3-5-7-9-11-13-15-17-19-21-23-25-27-29-31-35-39-47-43(45)41-37-33-34-38-42(41)44(46)48-40-36-32-30-28-26-24-22-20-18-16-14-12-10-8-6-4-2/h17-20,33-34,37-38H,3-16,21-32,35-36,39-40H2,1-2H3/b19-17+,20-18+. The molecule has 1 aromatic carbocycles. The van der Waals surface area contributed by atoms with Crippen LogP contribution in [0.15, 0.2) is 48.6 Å². The largest absolute Gasteiger partial charge is 0.462 e. The van der Waals surface area contributed by atoms with Crippen molar-refractivity contribution in [1.29, 1.82) is 0 Å². The Morgan fingerprint density at radius 1 is 0.417 bits per heavy atom. The highest BCUT2D eigenvalue weighted by molar-refractivity contribution is 6.03. The van der Waals surface area contributed by atoms with Crippen molar-refractivity contribution in [3.05, 3.63) is 59.7 Å². The van der Waals surface area contributed by atoms with Crippen molar-refractivity contribution < 1.29 is 19.1 Å². The second kappa shape index (κ2) is 34.5. The Hall–Kier alpha value is -2.36. The number of unbranched alkanes of at least 4 members (excludes halogenated alkanes) is 24. The monoisotopic (exact) mass is 667 g/mol. The molecule has 0 N–H and O–H groups in total. The summed E-state index contributed by atoms with van der Waals surface area (Å²) in [6.45, 7) is 5.31. The van der Waals surface area contributed by atoms with Crippen LogP contribution in [0.3, 0.4) is 0 Å². The number of allylic oxidation sites excluding steroid dienone is 4. The van der Waals surface area contributed by atoms with Crippen LogP contribution in [-0.4, -0.2) is 25.2 Å². The molecular weight excluding hydrogens is 592 g/mol. The summed E-state index contributed by atoms with van der Waals surface area (Å²) in [5.74, 6) is -0.875. The lowest BCUT2D eigenvalue weighted by atomic mass is 10.1. The predicted molar refractivity (Wildman–Crippen MR) is 206 cm³/mol. The summed E-state index contributed by atoms with van der Waals surface area (Å²) in [5.41, 5.74) is 0.598. The minimum atomic E-state index is -0.437. The fraction of sp³-hybridized carbons (Fsp3) is 0.727. The third-order valence-electron chi connectivity index (χ3n) is 9.15. The van der Waals surface area contributed by atoms with Crippen LogP contribution in [0.5, 0.6) is 0 Å². The summed E-state index contributed by atoms with van der Waals surface area (Å²) in [6.07, 6.45) is 44.3. The Labute approximate surface area is 296 Å². The molecule has 274 valence electrons. The highest BCUT2D eigenvalue weighted by Crippen LogP contribution is 2.15. The maximum Gasteiger partial charge on any atom is 0.339 e. The first-order valence-corrected chi connectivity index (χ1v) is 20.4. The summed E-state index contributed by atoms with van der Waals surface area (Å²) in [6, 6.07) is 6.85. The minimum absolute atomic E-state index is 0.299. The van der Waals surface area contributed by atoms with E-state index < -0.39 is 11.9 Å². The molecule has 0 bridgehead atoms. The van der Waals surface area contributed by atoms with Gasteiger partial charge in [-0.2, -0.15) is 0 Å². The quantitative estimate of drug-likeness (QED) is 0.0417. The van der Waals surface area contributed by atoms with Crippen molar-refractivity contribution in [3.8, 4) is 0 Å². The van der Waals surface area contributed by atoms with Crippen LogP contribution in [0.4, 0.5) is 0 Å². The van der Waals surface area contributed by atoms with Gasteiger partial charge in [0.2, 0.25) is 0 Å². The zero-order chi connectivity index (χ0) is 34.6. The number of hydrogen-bond donors (Lipinski definition) is 0. The highest BCUT2D eigenvalue weighted by Gasteiger charge is 2.18. The van der Waals surface area contributed by atoms with Crippen LogP contribution in [0, 0.1) is 0 Å². The second-order valence-corrected chi connectivity index (χ2v) is 13.7. The molecule has 1 rings (SSSR count). The molecule has 1 aromatic rings. The van der Waals surface area contributed by atoms with Gasteiger partial charge < -0.3 is 9.47 Å². The Morgan fingerprint density at radius 3 is 1.00 bits per heavy atom. The van der Waals surface area contributed by atoms with Crippen molar-refractivity contribution in [2.45, 2.75) is 194 Å². The van der Waals surface area contributed by atoms with Gasteiger partial charge in [-0.1, -0.05) is 166 Å². The molecule has 0 amide bonds. The van der Waals surface area contributed by atoms with Crippen molar-refractivity contribution >= 4 is 11.9 Å². The Kier molecular flexibility index (Phi) is 31.4. The first-order chi connectivity index (χ1) is 23.7. The van der Waals surface area contributed by atoms with Crippen molar-refractivity contribution in [2.24, 2.45) is 0 Å². The van der Waals surface area contributed by atoms with Crippen LogP contribution in [0.1, 0.15) is 214 Å². The first-order valence-electron chi connectivity index (χ1n) is 20.4. The second-order valence-electron chi connectivity index (χ2n) is 13.7. The zero-order valence-corrected chi connectivity index (χ0v) is 31.5. The highest BCUT2D eigenvalue weighted by atomic mass is 16.5. The number of benzene rings is 1. The molecule has 0 atom stereocenters. The maximum atomic E-state index is 12.7. The molecule has 4 nitrogen and oxygen atoms in total. The lowest BCUT2D eigenvalue weighted by Crippen LogP contribution is -2.15. The molecule has 0 spiro atoms. The van der Waals surface area contributed by atoms with E-state index in [0.717, 1.165) is 25.7 Å². The fourth-order valence-corrected chi connectivity index (χ4v) is 6.02. The lowest BCUT2D eigenvalue weighted by Gasteiger charge is -2.10. The third-order valence-corrected chi connectivity index (χ3v) is 9.15. The van der Waals surface area contributed by atoms with Gasteiger partial charge in [-0.25, -0.2) is 9.59 Å². The molecule has 0 aliphatic heterocycles. The van der Waals surface area contributed by atoms with Gasteiger partial charge in [0.15, 0.2) is 0 Å². The van der Waals surface area contributed by atoms with Gasteiger partial charge in [0, 0.05) is 0 Å². The van der Waals surface area contributed by atoms with E-state index >= 15 is 0 Å². The van der Waals surface area contributed by atoms with Crippen molar-refractivity contribution in [2.75, 3.05) is 13.2 Å². The average molecular weight is 667 g/mol. The molecule has 0 saturated carbocycles. The Morgan fingerprint density at radius 2 is 0.688 bits per heavy atom.